The van der Waals surface area contributed by atoms with Gasteiger partial charge in [-0.2, -0.15) is 0 Å². The van der Waals surface area contributed by atoms with Crippen LogP contribution in [0.2, 0.25) is 5.02 Å². The van der Waals surface area contributed by atoms with E-state index >= 15 is 0 Å². The van der Waals surface area contributed by atoms with E-state index in [2.05, 4.69) is 10.6 Å². The minimum absolute atomic E-state index is 0.157. The number of esters is 1. The zero-order valence-corrected chi connectivity index (χ0v) is 18.2. The number of ether oxygens (including phenoxy) is 2. The van der Waals surface area contributed by atoms with Crippen molar-refractivity contribution in [3.8, 4) is 5.75 Å². The lowest BCUT2D eigenvalue weighted by molar-refractivity contribution is -0.144. The predicted molar refractivity (Wildman–Crippen MR) is 116 cm³/mol. The highest BCUT2D eigenvalue weighted by molar-refractivity contribution is 6.30. The Kier molecular flexibility index (Phi) is 7.17. The van der Waals surface area contributed by atoms with Gasteiger partial charge in [-0.05, 0) is 62.2 Å². The fourth-order valence-electron chi connectivity index (χ4n) is 3.05. The van der Waals surface area contributed by atoms with Crippen molar-refractivity contribution in [3.05, 3.63) is 64.7 Å². The van der Waals surface area contributed by atoms with Crippen molar-refractivity contribution in [2.45, 2.75) is 38.3 Å². The van der Waals surface area contributed by atoms with E-state index in [0.717, 1.165) is 5.56 Å². The maximum atomic E-state index is 12.5. The van der Waals surface area contributed by atoms with Crippen LogP contribution >= 0.6 is 11.6 Å². The molecule has 0 saturated carbocycles. The van der Waals surface area contributed by atoms with E-state index in [0.29, 0.717) is 42.3 Å². The molecule has 1 atom stereocenters. The number of benzene rings is 2. The topological polar surface area (TPSA) is 93.7 Å². The van der Waals surface area contributed by atoms with E-state index < -0.39 is 17.6 Å². The van der Waals surface area contributed by atoms with Crippen molar-refractivity contribution in [2.75, 3.05) is 13.2 Å². The average molecular weight is 445 g/mol. The Bertz CT molecular complexity index is 941. The highest BCUT2D eigenvalue weighted by atomic mass is 35.5. The summed E-state index contributed by atoms with van der Waals surface area (Å²) in [5.74, 6) is -0.430. The van der Waals surface area contributed by atoms with Crippen molar-refractivity contribution in [1.82, 2.24) is 10.6 Å². The third kappa shape index (κ3) is 6.21. The number of halogens is 1. The molecule has 0 radical (unpaired) electrons. The van der Waals surface area contributed by atoms with Crippen LogP contribution in [-0.4, -0.2) is 42.6 Å². The Labute approximate surface area is 186 Å². The van der Waals surface area contributed by atoms with Crippen LogP contribution in [0.1, 0.15) is 36.2 Å². The van der Waals surface area contributed by atoms with Crippen LogP contribution in [0.4, 0.5) is 0 Å². The van der Waals surface area contributed by atoms with E-state index in [-0.39, 0.29) is 11.8 Å². The molecule has 2 aromatic carbocycles. The molecule has 2 amide bonds. The molecule has 31 heavy (non-hydrogen) atoms. The highest BCUT2D eigenvalue weighted by Gasteiger charge is 2.35. The monoisotopic (exact) mass is 444 g/mol. The molecule has 2 N–H and O–H groups in total. The zero-order chi connectivity index (χ0) is 22.4. The van der Waals surface area contributed by atoms with E-state index in [4.69, 9.17) is 21.1 Å². The van der Waals surface area contributed by atoms with Crippen LogP contribution in [0.15, 0.2) is 48.5 Å². The summed E-state index contributed by atoms with van der Waals surface area (Å²) in [4.78, 5) is 36.2. The summed E-state index contributed by atoms with van der Waals surface area (Å²) < 4.78 is 10.7. The van der Waals surface area contributed by atoms with E-state index in [1.54, 1.807) is 50.2 Å². The Balaban J connectivity index is 1.47. The minimum atomic E-state index is -1.16. The fraction of sp³-hybridized carbons (Fsp3) is 0.348. The molecular formula is C23H25ClN2O5. The average Bonchev–Trinajstić information content (AvgIpc) is 3.14. The first-order valence-electron chi connectivity index (χ1n) is 10.0. The fourth-order valence-corrected chi connectivity index (χ4v) is 3.17. The number of carbonyl (C=O) groups excluding carboxylic acids is 3. The largest absolute Gasteiger partial charge is 0.478 e. The predicted octanol–water partition coefficient (Wildman–Crippen LogP) is 2.90. The standard InChI is InChI=1S/C23H25ClN2O5/c1-23(2,22(29)26-19-12-14-30-21(19)28)31-18-9-3-15(4-10-18)11-13-25-20(27)16-5-7-17(24)8-6-16/h3-10,19H,11-14H2,1-2H3,(H,25,27)(H,26,29). The molecule has 1 heterocycles. The summed E-state index contributed by atoms with van der Waals surface area (Å²) in [6, 6.07) is 13.4. The first-order chi connectivity index (χ1) is 14.7. The van der Waals surface area contributed by atoms with Gasteiger partial charge in [0.2, 0.25) is 0 Å². The molecule has 7 nitrogen and oxygen atoms in total. The quantitative estimate of drug-likeness (QED) is 0.610. The van der Waals surface area contributed by atoms with Gasteiger partial charge in [-0.15, -0.1) is 0 Å². The first kappa shape index (κ1) is 22.6. The van der Waals surface area contributed by atoms with Crippen LogP contribution in [0, 0.1) is 0 Å². The maximum Gasteiger partial charge on any atom is 0.328 e. The number of carbonyl (C=O) groups is 3. The Hall–Kier alpha value is -3.06. The molecule has 1 unspecified atom stereocenters. The molecule has 1 saturated heterocycles. The summed E-state index contributed by atoms with van der Waals surface area (Å²) in [5.41, 5.74) is 0.413. The van der Waals surface area contributed by atoms with Gasteiger partial charge in [-0.25, -0.2) is 4.79 Å². The van der Waals surface area contributed by atoms with Crippen molar-refractivity contribution < 1.29 is 23.9 Å². The normalized spacial score (nSPS) is 15.8. The third-order valence-electron chi connectivity index (χ3n) is 4.89. The highest BCUT2D eigenvalue weighted by Crippen LogP contribution is 2.20. The van der Waals surface area contributed by atoms with Gasteiger partial charge in [-0.1, -0.05) is 23.7 Å². The number of nitrogens with one attached hydrogen (secondary N) is 2. The molecular weight excluding hydrogens is 420 g/mol. The van der Waals surface area contributed by atoms with Gasteiger partial charge >= 0.3 is 5.97 Å². The van der Waals surface area contributed by atoms with Crippen LogP contribution in [0.25, 0.3) is 0 Å². The second-order valence-electron chi connectivity index (χ2n) is 7.75. The lowest BCUT2D eigenvalue weighted by atomic mass is 10.1. The van der Waals surface area contributed by atoms with Gasteiger partial charge in [-0.3, -0.25) is 9.59 Å². The number of rotatable bonds is 8. The van der Waals surface area contributed by atoms with Gasteiger partial charge in [0.05, 0.1) is 6.61 Å². The van der Waals surface area contributed by atoms with Gasteiger partial charge < -0.3 is 20.1 Å². The maximum absolute atomic E-state index is 12.5. The number of hydrogen-bond acceptors (Lipinski definition) is 5. The van der Waals surface area contributed by atoms with Crippen LogP contribution < -0.4 is 15.4 Å². The summed E-state index contributed by atoms with van der Waals surface area (Å²) in [6.45, 7) is 4.07. The Morgan fingerprint density at radius 2 is 1.81 bits per heavy atom. The van der Waals surface area contributed by atoms with Crippen LogP contribution in [0.3, 0.4) is 0 Å². The van der Waals surface area contributed by atoms with Gasteiger partial charge in [0, 0.05) is 23.6 Å². The van der Waals surface area contributed by atoms with Crippen LogP contribution in [0.5, 0.6) is 5.75 Å². The Morgan fingerprint density at radius 1 is 1.13 bits per heavy atom. The summed E-state index contributed by atoms with van der Waals surface area (Å²) in [6.07, 6.45) is 1.11. The number of amides is 2. The zero-order valence-electron chi connectivity index (χ0n) is 17.4. The lowest BCUT2D eigenvalue weighted by Crippen LogP contribution is -2.51. The molecule has 0 bridgehead atoms. The van der Waals surface area contributed by atoms with Crippen LogP contribution in [-0.2, 0) is 20.7 Å². The smallest absolute Gasteiger partial charge is 0.328 e. The first-order valence-corrected chi connectivity index (χ1v) is 10.4. The lowest BCUT2D eigenvalue weighted by Gasteiger charge is -2.26. The number of cyclic esters (lactones) is 1. The van der Waals surface area contributed by atoms with Crippen molar-refractivity contribution in [2.24, 2.45) is 0 Å². The van der Waals surface area contributed by atoms with Crippen molar-refractivity contribution in [1.29, 1.82) is 0 Å². The van der Waals surface area contributed by atoms with Gasteiger partial charge in [0.15, 0.2) is 5.60 Å². The van der Waals surface area contributed by atoms with E-state index in [1.807, 2.05) is 12.1 Å². The molecule has 0 spiro atoms. The third-order valence-corrected chi connectivity index (χ3v) is 5.14. The second kappa shape index (κ2) is 9.83. The molecule has 0 aliphatic carbocycles. The van der Waals surface area contributed by atoms with E-state index in [9.17, 15) is 14.4 Å². The molecule has 1 fully saturated rings. The summed E-state index contributed by atoms with van der Waals surface area (Å²) >= 11 is 5.83. The molecule has 8 heteroatoms. The summed E-state index contributed by atoms with van der Waals surface area (Å²) in [5, 5.41) is 6.12. The second-order valence-corrected chi connectivity index (χ2v) is 8.19. The van der Waals surface area contributed by atoms with Gasteiger partial charge in [0.25, 0.3) is 11.8 Å². The van der Waals surface area contributed by atoms with Gasteiger partial charge in [0.1, 0.15) is 11.8 Å². The Morgan fingerprint density at radius 3 is 2.42 bits per heavy atom. The number of hydrogen-bond donors (Lipinski definition) is 2. The minimum Gasteiger partial charge on any atom is -0.478 e. The molecule has 1 aliphatic rings. The molecule has 164 valence electrons. The van der Waals surface area contributed by atoms with Crippen molar-refractivity contribution in [3.63, 3.8) is 0 Å². The summed E-state index contributed by atoms with van der Waals surface area (Å²) in [7, 11) is 0. The molecule has 3 rings (SSSR count). The van der Waals surface area contributed by atoms with E-state index in [1.165, 1.54) is 0 Å². The molecule has 1 aliphatic heterocycles. The van der Waals surface area contributed by atoms with Crippen molar-refractivity contribution >= 4 is 29.4 Å². The molecule has 0 aromatic heterocycles. The molecule has 2 aromatic rings. The SMILES string of the molecule is CC(C)(Oc1ccc(CCNC(=O)c2ccc(Cl)cc2)cc1)C(=O)NC1CCOC1=O.